The number of aliphatic hydroxyl groups excluding tert-OH is 1. The van der Waals surface area contributed by atoms with Gasteiger partial charge in [0.25, 0.3) is 0 Å². The Morgan fingerprint density at radius 2 is 2.18 bits per heavy atom. The molecule has 3 N–H and O–H groups in total. The van der Waals surface area contributed by atoms with Crippen LogP contribution in [0.2, 0.25) is 0 Å². The third kappa shape index (κ3) is 3.94. The van der Waals surface area contributed by atoms with Crippen LogP contribution in [0.3, 0.4) is 0 Å². The van der Waals surface area contributed by atoms with Gasteiger partial charge in [0, 0.05) is 11.6 Å². The minimum atomic E-state index is -0.576. The Kier molecular flexibility index (Phi) is 4.84. The molecule has 1 unspecified atom stereocenters. The molecule has 0 saturated carbocycles. The van der Waals surface area contributed by atoms with Gasteiger partial charge in [-0.05, 0) is 18.1 Å². The van der Waals surface area contributed by atoms with Crippen molar-refractivity contribution in [2.45, 2.75) is 20.0 Å². The Hall–Kier alpha value is -1.20. The number of benzene rings is 1. The van der Waals surface area contributed by atoms with E-state index >= 15 is 0 Å². The van der Waals surface area contributed by atoms with Crippen LogP contribution < -0.4 is 10.5 Å². The average molecular weight is 257 g/mol. The zero-order valence-electron chi connectivity index (χ0n) is 9.81. The fourth-order valence-electron chi connectivity index (χ4n) is 1.16. The van der Waals surface area contributed by atoms with Crippen LogP contribution in [0.1, 0.15) is 19.4 Å². The van der Waals surface area contributed by atoms with Gasteiger partial charge in [0.15, 0.2) is 0 Å². The number of halogens is 1. The molecule has 1 rings (SSSR count). The van der Waals surface area contributed by atoms with E-state index in [0.717, 1.165) is 0 Å². The Morgan fingerprint density at radius 3 is 2.65 bits per heavy atom. The van der Waals surface area contributed by atoms with Crippen molar-refractivity contribution in [1.29, 1.82) is 0 Å². The maximum Gasteiger partial charge on any atom is 0.137 e. The topological polar surface area (TPSA) is 55.5 Å². The summed E-state index contributed by atoms with van der Waals surface area (Å²) in [5.74, 6) is -0.0769. The first-order valence-corrected chi connectivity index (χ1v) is 5.73. The van der Waals surface area contributed by atoms with E-state index in [1.165, 1.54) is 12.1 Å². The van der Waals surface area contributed by atoms with E-state index in [0.29, 0.717) is 5.75 Å². The molecule has 1 aromatic rings. The second-order valence-corrected chi connectivity index (χ2v) is 4.57. The first kappa shape index (κ1) is 13.9. The van der Waals surface area contributed by atoms with Gasteiger partial charge in [0.2, 0.25) is 0 Å². The van der Waals surface area contributed by atoms with Crippen molar-refractivity contribution < 1.29 is 14.2 Å². The molecule has 17 heavy (non-hydrogen) atoms. The third-order valence-corrected chi connectivity index (χ3v) is 2.62. The van der Waals surface area contributed by atoms with E-state index in [-0.39, 0.29) is 23.1 Å². The van der Waals surface area contributed by atoms with Crippen molar-refractivity contribution in [2.24, 2.45) is 11.7 Å². The lowest BCUT2D eigenvalue weighted by Gasteiger charge is -2.15. The quantitative estimate of drug-likeness (QED) is 0.791. The minimum absolute atomic E-state index is 0.0104. The van der Waals surface area contributed by atoms with Gasteiger partial charge in [0.1, 0.15) is 23.2 Å². The Morgan fingerprint density at radius 1 is 1.53 bits per heavy atom. The molecule has 0 bridgehead atoms. The number of hydrogen-bond donors (Lipinski definition) is 2. The van der Waals surface area contributed by atoms with Crippen LogP contribution in [-0.2, 0) is 0 Å². The van der Waals surface area contributed by atoms with Crippen LogP contribution in [-0.4, -0.2) is 22.8 Å². The Labute approximate surface area is 105 Å². The highest BCUT2D eigenvalue weighted by atomic mass is 32.1. The van der Waals surface area contributed by atoms with Gasteiger partial charge in [0.05, 0.1) is 6.10 Å². The SMILES string of the molecule is CC(C)C(O)COc1ccc(C(N)=S)c(F)c1. The predicted molar refractivity (Wildman–Crippen MR) is 68.6 cm³/mol. The van der Waals surface area contributed by atoms with Gasteiger partial charge in [-0.25, -0.2) is 4.39 Å². The number of hydrogen-bond acceptors (Lipinski definition) is 3. The smallest absolute Gasteiger partial charge is 0.137 e. The fourth-order valence-corrected chi connectivity index (χ4v) is 1.33. The molecule has 94 valence electrons. The van der Waals surface area contributed by atoms with E-state index in [2.05, 4.69) is 0 Å². The van der Waals surface area contributed by atoms with Crippen molar-refractivity contribution in [3.63, 3.8) is 0 Å². The van der Waals surface area contributed by atoms with Gasteiger partial charge in [-0.15, -0.1) is 0 Å². The van der Waals surface area contributed by atoms with Crippen LogP contribution in [0.25, 0.3) is 0 Å². The van der Waals surface area contributed by atoms with E-state index in [4.69, 9.17) is 22.7 Å². The van der Waals surface area contributed by atoms with E-state index in [1.54, 1.807) is 6.07 Å². The van der Waals surface area contributed by atoms with Gasteiger partial charge < -0.3 is 15.6 Å². The van der Waals surface area contributed by atoms with Crippen molar-refractivity contribution >= 4 is 17.2 Å². The van der Waals surface area contributed by atoms with Gasteiger partial charge >= 0.3 is 0 Å². The molecule has 0 saturated heterocycles. The predicted octanol–water partition coefficient (Wildman–Crippen LogP) is 1.86. The molecule has 0 amide bonds. The van der Waals surface area contributed by atoms with Crippen LogP contribution in [0.15, 0.2) is 18.2 Å². The monoisotopic (exact) mass is 257 g/mol. The zero-order chi connectivity index (χ0) is 13.0. The standard InChI is InChI=1S/C12H16FNO2S/c1-7(2)11(15)6-16-8-3-4-9(12(14)17)10(13)5-8/h3-5,7,11,15H,6H2,1-2H3,(H2,14,17). The molecule has 3 nitrogen and oxygen atoms in total. The summed E-state index contributed by atoms with van der Waals surface area (Å²) in [7, 11) is 0. The highest BCUT2D eigenvalue weighted by molar-refractivity contribution is 7.80. The lowest BCUT2D eigenvalue weighted by molar-refractivity contribution is 0.0700. The summed E-state index contributed by atoms with van der Waals surface area (Å²) in [6.07, 6.45) is -0.576. The van der Waals surface area contributed by atoms with Crippen molar-refractivity contribution in [1.82, 2.24) is 0 Å². The summed E-state index contributed by atoms with van der Waals surface area (Å²) >= 11 is 4.69. The van der Waals surface area contributed by atoms with E-state index in [1.807, 2.05) is 13.8 Å². The summed E-state index contributed by atoms with van der Waals surface area (Å²) in [4.78, 5) is 0.0104. The highest BCUT2D eigenvalue weighted by Crippen LogP contribution is 2.17. The number of thiocarbonyl (C=S) groups is 1. The van der Waals surface area contributed by atoms with Crippen molar-refractivity contribution in [3.8, 4) is 5.75 Å². The molecule has 1 aromatic carbocycles. The lowest BCUT2D eigenvalue weighted by atomic mass is 10.1. The first-order chi connectivity index (χ1) is 7.91. The Bertz CT molecular complexity index is 409. The number of rotatable bonds is 5. The van der Waals surface area contributed by atoms with Gasteiger partial charge in [-0.3, -0.25) is 0 Å². The summed E-state index contributed by atoms with van der Waals surface area (Å²) < 4.78 is 18.7. The van der Waals surface area contributed by atoms with Gasteiger partial charge in [-0.1, -0.05) is 26.1 Å². The third-order valence-electron chi connectivity index (χ3n) is 2.40. The molecule has 0 spiro atoms. The molecule has 0 aromatic heterocycles. The van der Waals surface area contributed by atoms with E-state index < -0.39 is 11.9 Å². The largest absolute Gasteiger partial charge is 0.491 e. The lowest BCUT2D eigenvalue weighted by Crippen LogP contribution is -2.23. The first-order valence-electron chi connectivity index (χ1n) is 5.32. The summed E-state index contributed by atoms with van der Waals surface area (Å²) in [5.41, 5.74) is 5.53. The molecule has 0 fully saturated rings. The zero-order valence-corrected chi connectivity index (χ0v) is 10.6. The minimum Gasteiger partial charge on any atom is -0.491 e. The van der Waals surface area contributed by atoms with Crippen LogP contribution >= 0.6 is 12.2 Å². The number of aliphatic hydroxyl groups is 1. The highest BCUT2D eigenvalue weighted by Gasteiger charge is 2.11. The number of nitrogens with two attached hydrogens (primary N) is 1. The summed E-state index contributed by atoms with van der Waals surface area (Å²) in [6.45, 7) is 3.89. The average Bonchev–Trinajstić information content (AvgIpc) is 2.25. The summed E-state index contributed by atoms with van der Waals surface area (Å²) in [5, 5.41) is 9.54. The maximum absolute atomic E-state index is 13.5. The molecule has 0 aliphatic carbocycles. The molecule has 1 atom stereocenters. The Balaban J connectivity index is 2.68. The molecule has 5 heteroatoms. The van der Waals surface area contributed by atoms with Crippen LogP contribution in [0.5, 0.6) is 5.75 Å². The molecular weight excluding hydrogens is 241 g/mol. The van der Waals surface area contributed by atoms with Gasteiger partial charge in [-0.2, -0.15) is 0 Å². The number of ether oxygens (including phenoxy) is 1. The molecule has 0 aliphatic heterocycles. The van der Waals surface area contributed by atoms with Crippen molar-refractivity contribution in [2.75, 3.05) is 6.61 Å². The van der Waals surface area contributed by atoms with E-state index in [9.17, 15) is 9.50 Å². The second-order valence-electron chi connectivity index (χ2n) is 4.13. The second kappa shape index (κ2) is 5.93. The maximum atomic E-state index is 13.5. The molecule has 0 aliphatic rings. The van der Waals surface area contributed by atoms with Crippen molar-refractivity contribution in [3.05, 3.63) is 29.6 Å². The molecule has 0 radical (unpaired) electrons. The molecular formula is C12H16FNO2S. The normalized spacial score (nSPS) is 12.5. The van der Waals surface area contributed by atoms with Crippen LogP contribution in [0, 0.1) is 11.7 Å². The van der Waals surface area contributed by atoms with Crippen LogP contribution in [0.4, 0.5) is 4.39 Å². The molecule has 0 heterocycles. The summed E-state index contributed by atoms with van der Waals surface area (Å²) in [6, 6.07) is 4.25. The fraction of sp³-hybridized carbons (Fsp3) is 0.417.